The molecule has 0 aromatic heterocycles. The number of nitro groups is 1. The standard InChI is InChI=1S/C14H13ClN4O4S/c1-18(2)11-5-3-10(4-6-11)16-17-13-8-7-12(24(15,22)23)9-14(13)19(20)21/h3-9H,1-2H3. The highest BCUT2D eigenvalue weighted by molar-refractivity contribution is 8.13. The van der Waals surface area contributed by atoms with Gasteiger partial charge in [0.15, 0.2) is 5.69 Å². The van der Waals surface area contributed by atoms with Crippen molar-refractivity contribution in [1.82, 2.24) is 0 Å². The molecule has 0 aliphatic carbocycles. The Balaban J connectivity index is 2.36. The Morgan fingerprint density at radius 1 is 1.08 bits per heavy atom. The predicted molar refractivity (Wildman–Crippen MR) is 91.1 cm³/mol. The molecule has 0 unspecified atom stereocenters. The molecule has 0 saturated carbocycles. The molecule has 0 fully saturated rings. The smallest absolute Gasteiger partial charge is 0.298 e. The molecule has 24 heavy (non-hydrogen) atoms. The quantitative estimate of drug-likeness (QED) is 0.343. The Hall–Kier alpha value is -2.52. The predicted octanol–water partition coefficient (Wildman–Crippen LogP) is 4.00. The first-order chi connectivity index (χ1) is 11.2. The van der Waals surface area contributed by atoms with Gasteiger partial charge in [-0.1, -0.05) is 0 Å². The number of hydrogen-bond acceptors (Lipinski definition) is 7. The van der Waals surface area contributed by atoms with Gasteiger partial charge in [0.2, 0.25) is 0 Å². The Morgan fingerprint density at radius 3 is 2.21 bits per heavy atom. The number of azo groups is 1. The van der Waals surface area contributed by atoms with E-state index >= 15 is 0 Å². The molecule has 126 valence electrons. The molecule has 2 rings (SSSR count). The van der Waals surface area contributed by atoms with Crippen LogP contribution in [0.25, 0.3) is 0 Å². The molecule has 0 radical (unpaired) electrons. The summed E-state index contributed by atoms with van der Waals surface area (Å²) in [5.74, 6) is 0. The third-order valence-electron chi connectivity index (χ3n) is 3.06. The second kappa shape index (κ2) is 6.93. The van der Waals surface area contributed by atoms with Gasteiger partial charge < -0.3 is 4.90 Å². The first-order valence-corrected chi connectivity index (χ1v) is 8.91. The molecular formula is C14H13ClN4O4S. The van der Waals surface area contributed by atoms with Crippen molar-refractivity contribution in [3.8, 4) is 0 Å². The molecule has 0 spiro atoms. The molecule has 0 N–H and O–H groups in total. The lowest BCUT2D eigenvalue weighted by Gasteiger charge is -2.11. The van der Waals surface area contributed by atoms with Crippen molar-refractivity contribution in [2.75, 3.05) is 19.0 Å². The van der Waals surface area contributed by atoms with Crippen LogP contribution in [0, 0.1) is 10.1 Å². The largest absolute Gasteiger partial charge is 0.378 e. The van der Waals surface area contributed by atoms with E-state index in [1.54, 1.807) is 12.1 Å². The van der Waals surface area contributed by atoms with E-state index < -0.39 is 19.7 Å². The van der Waals surface area contributed by atoms with Crippen molar-refractivity contribution in [3.05, 3.63) is 52.6 Å². The molecule has 2 aromatic carbocycles. The molecule has 8 nitrogen and oxygen atoms in total. The zero-order chi connectivity index (χ0) is 17.9. The number of nitrogens with zero attached hydrogens (tertiary/aromatic N) is 4. The van der Waals surface area contributed by atoms with E-state index in [1.807, 2.05) is 31.1 Å². The summed E-state index contributed by atoms with van der Waals surface area (Å²) in [6.45, 7) is 0. The van der Waals surface area contributed by atoms with Gasteiger partial charge in [-0.05, 0) is 36.4 Å². The van der Waals surface area contributed by atoms with Crippen molar-refractivity contribution in [2.24, 2.45) is 10.2 Å². The topological polar surface area (TPSA) is 105 Å². The SMILES string of the molecule is CN(C)c1ccc(N=Nc2ccc(S(=O)(=O)Cl)cc2[N+](=O)[O-])cc1. The molecule has 0 atom stereocenters. The van der Waals surface area contributed by atoms with E-state index in [0.29, 0.717) is 5.69 Å². The summed E-state index contributed by atoms with van der Waals surface area (Å²) in [7, 11) is 4.92. The highest BCUT2D eigenvalue weighted by atomic mass is 35.7. The van der Waals surface area contributed by atoms with Crippen molar-refractivity contribution >= 4 is 42.5 Å². The second-order valence-corrected chi connectivity index (χ2v) is 7.52. The Labute approximate surface area is 143 Å². The van der Waals surface area contributed by atoms with E-state index in [0.717, 1.165) is 17.8 Å². The van der Waals surface area contributed by atoms with Gasteiger partial charge in [0.1, 0.15) is 0 Å². The molecule has 10 heteroatoms. The van der Waals surface area contributed by atoms with Crippen molar-refractivity contribution < 1.29 is 13.3 Å². The van der Waals surface area contributed by atoms with Crippen LogP contribution in [0.4, 0.5) is 22.7 Å². The monoisotopic (exact) mass is 368 g/mol. The highest BCUT2D eigenvalue weighted by Crippen LogP contribution is 2.32. The third kappa shape index (κ3) is 4.27. The van der Waals surface area contributed by atoms with Gasteiger partial charge in [0, 0.05) is 36.5 Å². The highest BCUT2D eigenvalue weighted by Gasteiger charge is 2.19. The molecule has 2 aromatic rings. The average Bonchev–Trinajstić information content (AvgIpc) is 2.52. The maximum atomic E-state index is 11.3. The summed E-state index contributed by atoms with van der Waals surface area (Å²) in [6, 6.07) is 10.2. The number of anilines is 1. The van der Waals surface area contributed by atoms with Gasteiger partial charge in [0.05, 0.1) is 15.5 Å². The van der Waals surface area contributed by atoms with Crippen LogP contribution in [-0.2, 0) is 9.05 Å². The zero-order valence-corrected chi connectivity index (χ0v) is 14.3. The maximum absolute atomic E-state index is 11.3. The van der Waals surface area contributed by atoms with E-state index in [2.05, 4.69) is 10.2 Å². The van der Waals surface area contributed by atoms with Crippen LogP contribution in [0.3, 0.4) is 0 Å². The van der Waals surface area contributed by atoms with E-state index in [4.69, 9.17) is 10.7 Å². The lowest BCUT2D eigenvalue weighted by atomic mass is 10.2. The van der Waals surface area contributed by atoms with E-state index in [1.165, 1.54) is 6.07 Å². The van der Waals surface area contributed by atoms with Crippen LogP contribution in [0.2, 0.25) is 0 Å². The van der Waals surface area contributed by atoms with Gasteiger partial charge in [-0.2, -0.15) is 5.11 Å². The number of halogens is 1. The number of rotatable bonds is 5. The van der Waals surface area contributed by atoms with Gasteiger partial charge in [-0.3, -0.25) is 10.1 Å². The van der Waals surface area contributed by atoms with Crippen LogP contribution >= 0.6 is 10.7 Å². The summed E-state index contributed by atoms with van der Waals surface area (Å²) in [5.41, 5.74) is 0.909. The molecular weight excluding hydrogens is 356 g/mol. The Morgan fingerprint density at radius 2 is 1.71 bits per heavy atom. The molecule has 0 aliphatic rings. The maximum Gasteiger partial charge on any atom is 0.298 e. The minimum Gasteiger partial charge on any atom is -0.378 e. The fourth-order valence-corrected chi connectivity index (χ4v) is 2.59. The minimum absolute atomic E-state index is 0.0687. The van der Waals surface area contributed by atoms with Gasteiger partial charge in [-0.15, -0.1) is 5.11 Å². The van der Waals surface area contributed by atoms with Gasteiger partial charge in [0.25, 0.3) is 14.7 Å². The van der Waals surface area contributed by atoms with E-state index in [-0.39, 0.29) is 10.6 Å². The fourth-order valence-electron chi connectivity index (χ4n) is 1.81. The fraction of sp³-hybridized carbons (Fsp3) is 0.143. The van der Waals surface area contributed by atoms with E-state index in [9.17, 15) is 18.5 Å². The number of hydrogen-bond donors (Lipinski definition) is 0. The van der Waals surface area contributed by atoms with Crippen LogP contribution < -0.4 is 4.90 Å². The first-order valence-electron chi connectivity index (χ1n) is 6.61. The van der Waals surface area contributed by atoms with Crippen LogP contribution in [-0.4, -0.2) is 27.4 Å². The van der Waals surface area contributed by atoms with Crippen molar-refractivity contribution in [2.45, 2.75) is 4.90 Å². The Kier molecular flexibility index (Phi) is 5.15. The molecule has 0 amide bonds. The lowest BCUT2D eigenvalue weighted by Crippen LogP contribution is -2.07. The summed E-state index contributed by atoms with van der Waals surface area (Å²) >= 11 is 0. The summed E-state index contributed by atoms with van der Waals surface area (Å²) in [5, 5.41) is 18.9. The molecule has 0 saturated heterocycles. The summed E-state index contributed by atoms with van der Waals surface area (Å²) < 4.78 is 22.5. The van der Waals surface area contributed by atoms with Crippen LogP contribution in [0.1, 0.15) is 0 Å². The van der Waals surface area contributed by atoms with Gasteiger partial charge >= 0.3 is 0 Å². The van der Waals surface area contributed by atoms with Crippen molar-refractivity contribution in [1.29, 1.82) is 0 Å². The van der Waals surface area contributed by atoms with Crippen LogP contribution in [0.5, 0.6) is 0 Å². The zero-order valence-electron chi connectivity index (χ0n) is 12.7. The Bertz CT molecular complexity index is 895. The third-order valence-corrected chi connectivity index (χ3v) is 4.42. The summed E-state index contributed by atoms with van der Waals surface area (Å²) in [6.07, 6.45) is 0. The van der Waals surface area contributed by atoms with Crippen LogP contribution in [0.15, 0.2) is 57.6 Å². The lowest BCUT2D eigenvalue weighted by molar-refractivity contribution is -0.384. The number of benzene rings is 2. The normalized spacial score (nSPS) is 11.6. The number of nitro benzene ring substituents is 1. The molecule has 0 aliphatic heterocycles. The van der Waals surface area contributed by atoms with Crippen molar-refractivity contribution in [3.63, 3.8) is 0 Å². The average molecular weight is 369 g/mol. The molecule has 0 heterocycles. The minimum atomic E-state index is -4.06. The second-order valence-electron chi connectivity index (χ2n) is 4.96. The first kappa shape index (κ1) is 17.8. The van der Waals surface area contributed by atoms with Gasteiger partial charge in [-0.25, -0.2) is 8.42 Å². The molecule has 0 bridgehead atoms. The summed E-state index contributed by atoms with van der Waals surface area (Å²) in [4.78, 5) is 11.9.